The number of ether oxygens (including phenoxy) is 1. The van der Waals surface area contributed by atoms with E-state index in [-0.39, 0.29) is 5.69 Å². The number of benzene rings is 1. The number of rotatable bonds is 4. The van der Waals surface area contributed by atoms with Gasteiger partial charge in [0.1, 0.15) is 4.88 Å². The molecule has 0 radical (unpaired) electrons. The lowest BCUT2D eigenvalue weighted by Crippen LogP contribution is -2.21. The second-order valence-electron chi connectivity index (χ2n) is 4.85. The van der Waals surface area contributed by atoms with E-state index in [1.54, 1.807) is 13.8 Å². The fraction of sp³-hybridized carbons (Fsp3) is 0.267. The van der Waals surface area contributed by atoms with Crippen molar-refractivity contribution in [1.29, 1.82) is 0 Å². The summed E-state index contributed by atoms with van der Waals surface area (Å²) in [7, 11) is 0. The zero-order valence-electron chi connectivity index (χ0n) is 12.7. The lowest BCUT2D eigenvalue weighted by atomic mass is 10.2. The Kier molecular flexibility index (Phi) is 5.23. The van der Waals surface area contributed by atoms with Crippen LogP contribution in [-0.4, -0.2) is 23.5 Å². The molecule has 0 fully saturated rings. The summed E-state index contributed by atoms with van der Waals surface area (Å²) in [4.78, 5) is 27.9. The zero-order valence-corrected chi connectivity index (χ0v) is 13.5. The van der Waals surface area contributed by atoms with Gasteiger partial charge in [-0.15, -0.1) is 11.3 Å². The van der Waals surface area contributed by atoms with Crippen LogP contribution in [-0.2, 0) is 15.7 Å². The zero-order chi connectivity index (χ0) is 17.9. The van der Waals surface area contributed by atoms with Gasteiger partial charge in [-0.1, -0.05) is 0 Å². The van der Waals surface area contributed by atoms with Gasteiger partial charge in [0.15, 0.2) is 6.61 Å². The summed E-state index contributed by atoms with van der Waals surface area (Å²) in [5.41, 5.74) is -0.123. The molecule has 1 heterocycles. The molecule has 0 saturated heterocycles. The minimum atomic E-state index is -4.44. The Hall–Kier alpha value is -2.42. The SMILES string of the molecule is Cc1nc(C)c(C(=O)OCC(=O)Nc2ccc(C(F)(F)F)cc2)s1. The Balaban J connectivity index is 1.89. The number of amides is 1. The number of anilines is 1. The van der Waals surface area contributed by atoms with Crippen LogP contribution in [0.4, 0.5) is 18.9 Å². The lowest BCUT2D eigenvalue weighted by Gasteiger charge is -2.09. The van der Waals surface area contributed by atoms with Crippen LogP contribution in [0.25, 0.3) is 0 Å². The van der Waals surface area contributed by atoms with Crippen LogP contribution >= 0.6 is 11.3 Å². The number of carbonyl (C=O) groups excluding carboxylic acids is 2. The summed E-state index contributed by atoms with van der Waals surface area (Å²) in [6.45, 7) is 2.85. The maximum atomic E-state index is 12.4. The summed E-state index contributed by atoms with van der Waals surface area (Å²) < 4.78 is 42.2. The molecule has 0 unspecified atom stereocenters. The molecule has 2 aromatic rings. The number of thiazole rings is 1. The largest absolute Gasteiger partial charge is 0.451 e. The highest BCUT2D eigenvalue weighted by molar-refractivity contribution is 7.13. The van der Waals surface area contributed by atoms with E-state index < -0.39 is 30.2 Å². The van der Waals surface area contributed by atoms with Gasteiger partial charge < -0.3 is 10.1 Å². The first-order valence-corrected chi connectivity index (χ1v) is 7.56. The molecule has 0 aliphatic carbocycles. The molecule has 24 heavy (non-hydrogen) atoms. The lowest BCUT2D eigenvalue weighted by molar-refractivity contribution is -0.137. The molecular weight excluding hydrogens is 345 g/mol. The summed E-state index contributed by atoms with van der Waals surface area (Å²) in [5, 5.41) is 3.05. The van der Waals surface area contributed by atoms with Crippen molar-refractivity contribution in [2.24, 2.45) is 0 Å². The normalized spacial score (nSPS) is 11.2. The van der Waals surface area contributed by atoms with Crippen molar-refractivity contribution in [2.45, 2.75) is 20.0 Å². The standard InChI is InChI=1S/C15H13F3N2O3S/c1-8-13(24-9(2)19-8)14(22)23-7-12(21)20-11-5-3-10(4-6-11)15(16,17)18/h3-6H,7H2,1-2H3,(H,20,21). The van der Waals surface area contributed by atoms with Crippen molar-refractivity contribution in [1.82, 2.24) is 4.98 Å². The highest BCUT2D eigenvalue weighted by Gasteiger charge is 2.30. The molecule has 0 saturated carbocycles. The van der Waals surface area contributed by atoms with E-state index in [9.17, 15) is 22.8 Å². The second-order valence-corrected chi connectivity index (χ2v) is 6.05. The molecule has 0 spiro atoms. The monoisotopic (exact) mass is 358 g/mol. The van der Waals surface area contributed by atoms with Crippen LogP contribution in [0.5, 0.6) is 0 Å². The van der Waals surface area contributed by atoms with E-state index in [0.717, 1.165) is 35.6 Å². The maximum absolute atomic E-state index is 12.4. The molecule has 9 heteroatoms. The van der Waals surface area contributed by atoms with Crippen LogP contribution in [0.2, 0.25) is 0 Å². The molecule has 5 nitrogen and oxygen atoms in total. The second kappa shape index (κ2) is 7.00. The Labute approximate surface area is 139 Å². The van der Waals surface area contributed by atoms with Crippen LogP contribution in [0.1, 0.15) is 25.9 Å². The van der Waals surface area contributed by atoms with E-state index >= 15 is 0 Å². The van der Waals surface area contributed by atoms with Gasteiger partial charge >= 0.3 is 12.1 Å². The Morgan fingerprint density at radius 3 is 2.33 bits per heavy atom. The van der Waals surface area contributed by atoms with Crippen molar-refractivity contribution in [3.05, 3.63) is 45.4 Å². The molecule has 1 amide bonds. The van der Waals surface area contributed by atoms with Gasteiger partial charge in [0.05, 0.1) is 16.3 Å². The minimum absolute atomic E-state index is 0.175. The van der Waals surface area contributed by atoms with Gasteiger partial charge in [0, 0.05) is 5.69 Å². The molecule has 1 N–H and O–H groups in total. The summed E-state index contributed by atoms with van der Waals surface area (Å²) in [6, 6.07) is 3.95. The number of aryl methyl sites for hydroxylation is 2. The molecule has 1 aromatic heterocycles. The summed E-state index contributed by atoms with van der Waals surface area (Å²) in [5.74, 6) is -1.32. The third-order valence-corrected chi connectivity index (χ3v) is 3.97. The van der Waals surface area contributed by atoms with Gasteiger partial charge in [0.2, 0.25) is 0 Å². The maximum Gasteiger partial charge on any atom is 0.416 e. The van der Waals surface area contributed by atoms with Gasteiger partial charge in [-0.3, -0.25) is 4.79 Å². The van der Waals surface area contributed by atoms with Crippen LogP contribution in [0.3, 0.4) is 0 Å². The highest BCUT2D eigenvalue weighted by atomic mass is 32.1. The fourth-order valence-corrected chi connectivity index (χ4v) is 2.67. The summed E-state index contributed by atoms with van der Waals surface area (Å²) >= 11 is 1.16. The van der Waals surface area contributed by atoms with Crippen molar-refractivity contribution in [3.63, 3.8) is 0 Å². The van der Waals surface area contributed by atoms with E-state index in [1.165, 1.54) is 0 Å². The topological polar surface area (TPSA) is 68.3 Å². The van der Waals surface area contributed by atoms with Crippen LogP contribution < -0.4 is 5.32 Å². The number of alkyl halides is 3. The van der Waals surface area contributed by atoms with E-state index in [1.807, 2.05) is 0 Å². The molecule has 1 aromatic carbocycles. The number of hydrogen-bond acceptors (Lipinski definition) is 5. The average Bonchev–Trinajstić information content (AvgIpc) is 2.83. The van der Waals surface area contributed by atoms with Gasteiger partial charge in [-0.25, -0.2) is 9.78 Å². The first-order chi connectivity index (χ1) is 11.2. The van der Waals surface area contributed by atoms with E-state index in [2.05, 4.69) is 10.3 Å². The Morgan fingerprint density at radius 1 is 1.21 bits per heavy atom. The van der Waals surface area contributed by atoms with Crippen molar-refractivity contribution < 1.29 is 27.5 Å². The first kappa shape index (κ1) is 17.9. The van der Waals surface area contributed by atoms with Crippen molar-refractivity contribution in [2.75, 3.05) is 11.9 Å². The minimum Gasteiger partial charge on any atom is -0.451 e. The van der Waals surface area contributed by atoms with Crippen molar-refractivity contribution >= 4 is 28.9 Å². The van der Waals surface area contributed by atoms with Crippen LogP contribution in [0.15, 0.2) is 24.3 Å². The molecule has 0 aliphatic heterocycles. The van der Waals surface area contributed by atoms with Crippen LogP contribution in [0, 0.1) is 13.8 Å². The third-order valence-electron chi connectivity index (χ3n) is 2.92. The smallest absolute Gasteiger partial charge is 0.416 e. The predicted octanol–water partition coefficient (Wildman–Crippen LogP) is 3.57. The number of aromatic nitrogens is 1. The summed E-state index contributed by atoms with van der Waals surface area (Å²) in [6.07, 6.45) is -4.44. The van der Waals surface area contributed by atoms with E-state index in [4.69, 9.17) is 4.74 Å². The number of halogens is 3. The third kappa shape index (κ3) is 4.54. The van der Waals surface area contributed by atoms with Gasteiger partial charge in [-0.05, 0) is 38.1 Å². The number of nitrogens with zero attached hydrogens (tertiary/aromatic N) is 1. The predicted molar refractivity (Wildman–Crippen MR) is 81.9 cm³/mol. The number of nitrogens with one attached hydrogen (secondary N) is 1. The highest BCUT2D eigenvalue weighted by Crippen LogP contribution is 2.29. The van der Waals surface area contributed by atoms with Gasteiger partial charge in [0.25, 0.3) is 5.91 Å². The molecular formula is C15H13F3N2O3S. The molecule has 0 atom stereocenters. The Bertz CT molecular complexity index is 754. The number of hydrogen-bond donors (Lipinski definition) is 1. The van der Waals surface area contributed by atoms with Crippen molar-refractivity contribution in [3.8, 4) is 0 Å². The number of esters is 1. The van der Waals surface area contributed by atoms with E-state index in [0.29, 0.717) is 15.6 Å². The first-order valence-electron chi connectivity index (χ1n) is 6.75. The quantitative estimate of drug-likeness (QED) is 0.849. The average molecular weight is 358 g/mol. The molecule has 2 rings (SSSR count). The molecule has 128 valence electrons. The Morgan fingerprint density at radius 2 is 1.83 bits per heavy atom. The fourth-order valence-electron chi connectivity index (χ4n) is 1.86. The van der Waals surface area contributed by atoms with Gasteiger partial charge in [-0.2, -0.15) is 13.2 Å². The molecule has 0 bridgehead atoms. The molecule has 0 aliphatic rings. The number of carbonyl (C=O) groups is 2.